The highest BCUT2D eigenvalue weighted by atomic mass is 32.1. The quantitative estimate of drug-likeness (QED) is 0.848. The molecule has 2 aromatic heterocycles. The van der Waals surface area contributed by atoms with E-state index in [1.165, 1.54) is 0 Å². The Morgan fingerprint density at radius 3 is 3.07 bits per heavy atom. The van der Waals surface area contributed by atoms with E-state index in [9.17, 15) is 0 Å². The Morgan fingerprint density at radius 1 is 1.53 bits per heavy atom. The van der Waals surface area contributed by atoms with E-state index >= 15 is 0 Å². The van der Waals surface area contributed by atoms with Crippen LogP contribution in [0.2, 0.25) is 0 Å². The molecule has 0 saturated heterocycles. The molecule has 0 atom stereocenters. The van der Waals surface area contributed by atoms with Gasteiger partial charge < -0.3 is 5.73 Å². The highest BCUT2D eigenvalue weighted by Gasteiger charge is 2.09. The van der Waals surface area contributed by atoms with Crippen molar-refractivity contribution >= 4 is 17.2 Å². The molecule has 0 radical (unpaired) electrons. The van der Waals surface area contributed by atoms with Gasteiger partial charge in [-0.3, -0.25) is 4.98 Å². The average molecular weight is 223 g/mol. The molecule has 5 nitrogen and oxygen atoms in total. The van der Waals surface area contributed by atoms with Gasteiger partial charge in [0.2, 0.25) is 0 Å². The summed E-state index contributed by atoms with van der Waals surface area (Å²) in [6.07, 6.45) is 3.80. The van der Waals surface area contributed by atoms with Crippen LogP contribution in [0.3, 0.4) is 0 Å². The van der Waals surface area contributed by atoms with Gasteiger partial charge in [-0.05, 0) is 6.42 Å². The molecule has 80 valence electrons. The second-order valence-corrected chi connectivity index (χ2v) is 4.27. The summed E-state index contributed by atoms with van der Waals surface area (Å²) in [4.78, 5) is 5.19. The van der Waals surface area contributed by atoms with Crippen LogP contribution in [-0.4, -0.2) is 20.0 Å². The predicted octanol–water partition coefficient (Wildman–Crippen LogP) is 1.32. The Balaban J connectivity index is 2.21. The van der Waals surface area contributed by atoms with Crippen LogP contribution >= 0.6 is 11.3 Å². The van der Waals surface area contributed by atoms with Gasteiger partial charge in [0.15, 0.2) is 5.82 Å². The fourth-order valence-corrected chi connectivity index (χ4v) is 2.01. The van der Waals surface area contributed by atoms with Crippen molar-refractivity contribution in [3.05, 3.63) is 22.3 Å². The zero-order chi connectivity index (χ0) is 10.7. The lowest BCUT2D eigenvalue weighted by Crippen LogP contribution is -2.06. The lowest BCUT2D eigenvalue weighted by Gasteiger charge is -2.03. The summed E-state index contributed by atoms with van der Waals surface area (Å²) in [6, 6.07) is 0. The minimum Gasteiger partial charge on any atom is -0.381 e. The van der Waals surface area contributed by atoms with Crippen LogP contribution in [0.5, 0.6) is 0 Å². The Bertz CT molecular complexity index is 420. The van der Waals surface area contributed by atoms with Gasteiger partial charge in [0, 0.05) is 11.1 Å². The summed E-state index contributed by atoms with van der Waals surface area (Å²) in [5, 5.41) is 7.92. The smallest absolute Gasteiger partial charge is 0.169 e. The molecule has 15 heavy (non-hydrogen) atoms. The van der Waals surface area contributed by atoms with E-state index in [1.807, 2.05) is 16.4 Å². The van der Waals surface area contributed by atoms with Crippen molar-refractivity contribution in [3.8, 4) is 0 Å². The first-order chi connectivity index (χ1) is 7.31. The molecule has 2 rings (SSSR count). The lowest BCUT2D eigenvalue weighted by atomic mass is 10.2. The predicted molar refractivity (Wildman–Crippen MR) is 59.6 cm³/mol. The number of nitrogens with two attached hydrogens (primary N) is 1. The molecule has 0 unspecified atom stereocenters. The van der Waals surface area contributed by atoms with Gasteiger partial charge in [0.05, 0.1) is 17.7 Å². The highest BCUT2D eigenvalue weighted by molar-refractivity contribution is 7.09. The standard InChI is InChI=1S/C9H13N5S/c1-2-3-8-9(10)12-13-14(8)5-7-4-11-6-15-7/h4,6H,2-3,5,10H2,1H3. The zero-order valence-electron chi connectivity index (χ0n) is 8.55. The fraction of sp³-hybridized carbons (Fsp3) is 0.444. The average Bonchev–Trinajstić information content (AvgIpc) is 2.83. The maximum absolute atomic E-state index is 5.75. The molecule has 2 N–H and O–H groups in total. The summed E-state index contributed by atoms with van der Waals surface area (Å²) in [6.45, 7) is 2.83. The van der Waals surface area contributed by atoms with E-state index in [1.54, 1.807) is 11.3 Å². The molecular weight excluding hydrogens is 210 g/mol. The van der Waals surface area contributed by atoms with Crippen molar-refractivity contribution in [2.45, 2.75) is 26.3 Å². The molecule has 2 heterocycles. The van der Waals surface area contributed by atoms with Crippen LogP contribution in [0.15, 0.2) is 11.7 Å². The highest BCUT2D eigenvalue weighted by Crippen LogP contribution is 2.14. The number of hydrogen-bond acceptors (Lipinski definition) is 5. The third-order valence-corrected chi connectivity index (χ3v) is 2.91. The van der Waals surface area contributed by atoms with Gasteiger partial charge in [-0.25, -0.2) is 4.68 Å². The summed E-state index contributed by atoms with van der Waals surface area (Å²) >= 11 is 1.61. The van der Waals surface area contributed by atoms with Crippen LogP contribution in [0.4, 0.5) is 5.82 Å². The zero-order valence-corrected chi connectivity index (χ0v) is 9.37. The maximum Gasteiger partial charge on any atom is 0.169 e. The van der Waals surface area contributed by atoms with Crippen molar-refractivity contribution in [2.24, 2.45) is 0 Å². The lowest BCUT2D eigenvalue weighted by molar-refractivity contribution is 0.618. The molecule has 0 spiro atoms. The van der Waals surface area contributed by atoms with Crippen molar-refractivity contribution in [2.75, 3.05) is 5.73 Å². The van der Waals surface area contributed by atoms with Gasteiger partial charge in [-0.1, -0.05) is 18.6 Å². The van der Waals surface area contributed by atoms with Crippen LogP contribution < -0.4 is 5.73 Å². The Hall–Kier alpha value is -1.43. The molecule has 0 fully saturated rings. The van der Waals surface area contributed by atoms with E-state index in [0.717, 1.165) is 23.4 Å². The number of nitrogen functional groups attached to an aromatic ring is 1. The molecule has 0 amide bonds. The minimum atomic E-state index is 0.543. The Morgan fingerprint density at radius 2 is 2.40 bits per heavy atom. The molecule has 0 aliphatic heterocycles. The summed E-state index contributed by atoms with van der Waals surface area (Å²) in [5.74, 6) is 0.543. The van der Waals surface area contributed by atoms with E-state index in [-0.39, 0.29) is 0 Å². The molecule has 6 heteroatoms. The van der Waals surface area contributed by atoms with Crippen LogP contribution in [0.25, 0.3) is 0 Å². The van der Waals surface area contributed by atoms with E-state index in [2.05, 4.69) is 22.2 Å². The second-order valence-electron chi connectivity index (χ2n) is 3.30. The number of nitrogens with zero attached hydrogens (tertiary/aromatic N) is 4. The largest absolute Gasteiger partial charge is 0.381 e. The SMILES string of the molecule is CCCc1c(N)nnn1Cc1cncs1. The fourth-order valence-electron chi connectivity index (χ4n) is 1.43. The molecule has 2 aromatic rings. The first-order valence-corrected chi connectivity index (χ1v) is 5.74. The molecular formula is C9H13N5S. The van der Waals surface area contributed by atoms with Crippen molar-refractivity contribution in [3.63, 3.8) is 0 Å². The number of aromatic nitrogens is 4. The summed E-state index contributed by atoms with van der Waals surface area (Å²) in [5.41, 5.74) is 8.58. The van der Waals surface area contributed by atoms with Crippen molar-refractivity contribution in [1.29, 1.82) is 0 Å². The maximum atomic E-state index is 5.75. The van der Waals surface area contributed by atoms with Gasteiger partial charge in [0.25, 0.3) is 0 Å². The van der Waals surface area contributed by atoms with Gasteiger partial charge >= 0.3 is 0 Å². The first kappa shape index (κ1) is 10.1. The molecule has 0 saturated carbocycles. The molecule has 0 bridgehead atoms. The number of thiazole rings is 1. The molecule has 0 aliphatic carbocycles. The van der Waals surface area contributed by atoms with Crippen LogP contribution in [0.1, 0.15) is 23.9 Å². The van der Waals surface area contributed by atoms with E-state index < -0.39 is 0 Å². The number of anilines is 1. The Kier molecular flexibility index (Phi) is 2.96. The van der Waals surface area contributed by atoms with Gasteiger partial charge in [0.1, 0.15) is 0 Å². The second kappa shape index (κ2) is 4.39. The number of rotatable bonds is 4. The van der Waals surface area contributed by atoms with Crippen molar-refractivity contribution in [1.82, 2.24) is 20.0 Å². The van der Waals surface area contributed by atoms with Gasteiger partial charge in [-0.2, -0.15) is 0 Å². The third kappa shape index (κ3) is 2.15. The topological polar surface area (TPSA) is 69.6 Å². The van der Waals surface area contributed by atoms with Crippen LogP contribution in [-0.2, 0) is 13.0 Å². The summed E-state index contributed by atoms with van der Waals surface area (Å²) < 4.78 is 1.85. The number of hydrogen-bond donors (Lipinski definition) is 1. The minimum absolute atomic E-state index is 0.543. The van der Waals surface area contributed by atoms with E-state index in [0.29, 0.717) is 12.4 Å². The first-order valence-electron chi connectivity index (χ1n) is 4.86. The summed E-state index contributed by atoms with van der Waals surface area (Å²) in [7, 11) is 0. The van der Waals surface area contributed by atoms with Crippen LogP contribution in [0, 0.1) is 0 Å². The van der Waals surface area contributed by atoms with Gasteiger partial charge in [-0.15, -0.1) is 16.4 Å². The monoisotopic (exact) mass is 223 g/mol. The molecule has 0 aromatic carbocycles. The molecule has 0 aliphatic rings. The van der Waals surface area contributed by atoms with Crippen molar-refractivity contribution < 1.29 is 0 Å². The third-order valence-electron chi connectivity index (χ3n) is 2.14. The van der Waals surface area contributed by atoms with E-state index in [4.69, 9.17) is 5.73 Å². The normalized spacial score (nSPS) is 10.7. The Labute approximate surface area is 91.9 Å².